The van der Waals surface area contributed by atoms with Crippen LogP contribution in [0.2, 0.25) is 0 Å². The highest BCUT2D eigenvalue weighted by molar-refractivity contribution is 7.17. The Hall–Kier alpha value is -2.01. The van der Waals surface area contributed by atoms with Crippen molar-refractivity contribution in [3.63, 3.8) is 0 Å². The van der Waals surface area contributed by atoms with Crippen LogP contribution in [0.5, 0.6) is 0 Å². The number of benzene rings is 1. The molecular formula is C20H19FN2OS. The third-order valence-electron chi connectivity index (χ3n) is 5.55. The lowest BCUT2D eigenvalue weighted by atomic mass is 9.88. The summed E-state index contributed by atoms with van der Waals surface area (Å²) in [5.41, 5.74) is 2.99. The van der Waals surface area contributed by atoms with E-state index in [4.69, 9.17) is 0 Å². The molecule has 1 aliphatic heterocycles. The van der Waals surface area contributed by atoms with Crippen LogP contribution in [0, 0.1) is 5.13 Å². The minimum Gasteiger partial charge on any atom is -0.332 e. The molecule has 5 rings (SSSR count). The van der Waals surface area contributed by atoms with Gasteiger partial charge in [0, 0.05) is 28.4 Å². The van der Waals surface area contributed by atoms with Gasteiger partial charge < -0.3 is 4.90 Å². The van der Waals surface area contributed by atoms with Crippen molar-refractivity contribution in [2.24, 2.45) is 4.99 Å². The van der Waals surface area contributed by atoms with E-state index in [1.807, 2.05) is 35.4 Å². The number of fused-ring (bicyclic) bond motifs is 1. The highest BCUT2D eigenvalue weighted by atomic mass is 32.1. The zero-order valence-corrected chi connectivity index (χ0v) is 14.7. The summed E-state index contributed by atoms with van der Waals surface area (Å²) in [4.78, 5) is 19.7. The van der Waals surface area contributed by atoms with E-state index in [0.29, 0.717) is 0 Å². The Morgan fingerprint density at radius 1 is 1.20 bits per heavy atom. The largest absolute Gasteiger partial charge is 0.332 e. The van der Waals surface area contributed by atoms with Crippen molar-refractivity contribution in [3.05, 3.63) is 46.1 Å². The van der Waals surface area contributed by atoms with E-state index in [0.717, 1.165) is 60.1 Å². The number of hydrogen-bond acceptors (Lipinski definition) is 3. The molecule has 1 aromatic heterocycles. The summed E-state index contributed by atoms with van der Waals surface area (Å²) in [7, 11) is 0. The van der Waals surface area contributed by atoms with E-state index in [2.05, 4.69) is 4.99 Å². The molecule has 0 N–H and O–H groups in total. The quantitative estimate of drug-likeness (QED) is 0.794. The summed E-state index contributed by atoms with van der Waals surface area (Å²) in [5.74, 6) is -0.124. The number of halogens is 1. The molecule has 0 bridgehead atoms. The number of thiophene rings is 1. The van der Waals surface area contributed by atoms with Crippen LogP contribution in [0.1, 0.15) is 42.5 Å². The molecule has 1 fully saturated rings. The maximum Gasteiger partial charge on any atom is 0.258 e. The number of nitrogens with zero attached hydrogens (tertiary/aromatic N) is 2. The van der Waals surface area contributed by atoms with Crippen molar-refractivity contribution in [1.29, 1.82) is 0 Å². The van der Waals surface area contributed by atoms with Crippen LogP contribution < -0.4 is 0 Å². The molecule has 1 atom stereocenters. The summed E-state index contributed by atoms with van der Waals surface area (Å²) in [6.45, 7) is 0.823. The molecule has 2 heterocycles. The third-order valence-corrected chi connectivity index (χ3v) is 6.51. The average Bonchev–Trinajstić information content (AvgIpc) is 3.22. The monoisotopic (exact) mass is 354 g/mol. The van der Waals surface area contributed by atoms with Crippen LogP contribution in [0.25, 0.3) is 10.1 Å². The highest BCUT2D eigenvalue weighted by Crippen LogP contribution is 2.39. The standard InChI is InChI=1S/C20H19FN2OS/c21-19-18(16-3-1-2-4-17(16)25-19)20(24)23(14-7-8-14)15-6-5-12-10-22-11-13(12)9-15/h1-4,11,14-15H,5-10H2. The van der Waals surface area contributed by atoms with Crippen LogP contribution in [-0.4, -0.2) is 35.7 Å². The van der Waals surface area contributed by atoms with E-state index < -0.39 is 0 Å². The molecule has 1 unspecified atom stereocenters. The molecule has 25 heavy (non-hydrogen) atoms. The van der Waals surface area contributed by atoms with E-state index >= 15 is 0 Å². The van der Waals surface area contributed by atoms with Gasteiger partial charge in [0.05, 0.1) is 12.1 Å². The van der Waals surface area contributed by atoms with E-state index in [1.54, 1.807) is 0 Å². The van der Waals surface area contributed by atoms with Crippen LogP contribution in [-0.2, 0) is 0 Å². The van der Waals surface area contributed by atoms with E-state index in [9.17, 15) is 9.18 Å². The van der Waals surface area contributed by atoms with Gasteiger partial charge in [0.25, 0.3) is 5.91 Å². The van der Waals surface area contributed by atoms with Gasteiger partial charge in [-0.2, -0.15) is 4.39 Å². The Labute approximate surface area is 149 Å². The molecule has 128 valence electrons. The summed E-state index contributed by atoms with van der Waals surface area (Å²) in [5, 5.41) is 0.397. The van der Waals surface area contributed by atoms with Crippen molar-refractivity contribution >= 4 is 33.5 Å². The highest BCUT2D eigenvalue weighted by Gasteiger charge is 2.41. The van der Waals surface area contributed by atoms with Crippen LogP contribution in [0.4, 0.5) is 4.39 Å². The molecule has 1 saturated carbocycles. The molecule has 3 aliphatic rings. The van der Waals surface area contributed by atoms with Gasteiger partial charge >= 0.3 is 0 Å². The van der Waals surface area contributed by atoms with Gasteiger partial charge in [0.15, 0.2) is 5.13 Å². The Bertz CT molecular complexity index is 925. The van der Waals surface area contributed by atoms with Crippen LogP contribution >= 0.6 is 11.3 Å². The molecule has 2 aromatic rings. The predicted octanol–water partition coefficient (Wildman–Crippen LogP) is 4.58. The Morgan fingerprint density at radius 3 is 2.88 bits per heavy atom. The summed E-state index contributed by atoms with van der Waals surface area (Å²) in [6.07, 6.45) is 6.87. The molecule has 1 aromatic carbocycles. The van der Waals surface area contributed by atoms with E-state index in [1.165, 1.54) is 11.1 Å². The molecule has 3 nitrogen and oxygen atoms in total. The van der Waals surface area contributed by atoms with Crippen molar-refractivity contribution < 1.29 is 9.18 Å². The van der Waals surface area contributed by atoms with Crippen molar-refractivity contribution in [3.8, 4) is 0 Å². The predicted molar refractivity (Wildman–Crippen MR) is 99.0 cm³/mol. The molecule has 2 aliphatic carbocycles. The lowest BCUT2D eigenvalue weighted by molar-refractivity contribution is 0.0644. The molecule has 1 amide bonds. The minimum absolute atomic E-state index is 0.124. The summed E-state index contributed by atoms with van der Waals surface area (Å²) >= 11 is 1.07. The molecule has 0 radical (unpaired) electrons. The van der Waals surface area contributed by atoms with E-state index in [-0.39, 0.29) is 28.7 Å². The first-order valence-electron chi connectivity index (χ1n) is 8.93. The first kappa shape index (κ1) is 15.3. The minimum atomic E-state index is -0.352. The Kier molecular flexibility index (Phi) is 3.52. The number of carbonyl (C=O) groups excluding carboxylic acids is 1. The topological polar surface area (TPSA) is 32.7 Å². The normalized spacial score (nSPS) is 22.5. The smallest absolute Gasteiger partial charge is 0.258 e. The average molecular weight is 354 g/mol. The zero-order valence-electron chi connectivity index (χ0n) is 13.9. The fourth-order valence-electron chi connectivity index (χ4n) is 4.16. The van der Waals surface area contributed by atoms with Crippen molar-refractivity contribution in [1.82, 2.24) is 4.90 Å². The van der Waals surface area contributed by atoms with Crippen LogP contribution in [0.15, 0.2) is 40.4 Å². The number of rotatable bonds is 3. The summed E-state index contributed by atoms with van der Waals surface area (Å²) in [6, 6.07) is 7.95. The van der Waals surface area contributed by atoms with Gasteiger partial charge in [0.2, 0.25) is 0 Å². The fraction of sp³-hybridized carbons (Fsp3) is 0.400. The number of hydrogen-bond donors (Lipinski definition) is 0. The van der Waals surface area contributed by atoms with Gasteiger partial charge in [-0.15, -0.1) is 11.3 Å². The first-order valence-corrected chi connectivity index (χ1v) is 9.74. The summed E-state index contributed by atoms with van der Waals surface area (Å²) < 4.78 is 15.5. The van der Waals surface area contributed by atoms with Crippen molar-refractivity contribution in [2.45, 2.75) is 44.2 Å². The first-order chi connectivity index (χ1) is 12.2. The third kappa shape index (κ3) is 2.53. The van der Waals surface area contributed by atoms with Gasteiger partial charge in [-0.1, -0.05) is 18.2 Å². The Morgan fingerprint density at radius 2 is 2.04 bits per heavy atom. The van der Waals surface area contributed by atoms with Gasteiger partial charge in [-0.05, 0) is 49.3 Å². The molecule has 5 heteroatoms. The second kappa shape index (κ2) is 5.77. The van der Waals surface area contributed by atoms with Crippen molar-refractivity contribution in [2.75, 3.05) is 6.54 Å². The van der Waals surface area contributed by atoms with Gasteiger partial charge in [0.1, 0.15) is 0 Å². The second-order valence-electron chi connectivity index (χ2n) is 7.19. The second-order valence-corrected chi connectivity index (χ2v) is 8.19. The maximum atomic E-state index is 14.6. The SMILES string of the molecule is O=C(c1c(F)sc2ccccc12)N(C1CC1)C1CCC2=C(C=NC2)C1. The van der Waals surface area contributed by atoms with Gasteiger partial charge in [-0.3, -0.25) is 9.79 Å². The number of aliphatic imine (C=N–C) groups is 1. The lowest BCUT2D eigenvalue weighted by Gasteiger charge is -2.35. The zero-order chi connectivity index (χ0) is 17.0. The fourth-order valence-corrected chi connectivity index (χ4v) is 5.08. The van der Waals surface area contributed by atoms with Crippen LogP contribution in [0.3, 0.4) is 0 Å². The molecular weight excluding hydrogens is 335 g/mol. The molecule has 0 spiro atoms. The number of amides is 1. The maximum absolute atomic E-state index is 14.6. The van der Waals surface area contributed by atoms with Gasteiger partial charge in [-0.25, -0.2) is 0 Å². The lowest BCUT2D eigenvalue weighted by Crippen LogP contribution is -2.43. The Balaban J connectivity index is 1.51. The number of carbonyl (C=O) groups is 1. The molecule has 0 saturated heterocycles.